The Morgan fingerprint density at radius 2 is 1.90 bits per heavy atom. The van der Waals surface area contributed by atoms with Crippen LogP contribution in [0.4, 0.5) is 10.8 Å². The van der Waals surface area contributed by atoms with Crippen LogP contribution in [0.3, 0.4) is 0 Å². The molecule has 0 fully saturated rings. The number of ether oxygens (including phenoxy) is 1. The molecule has 0 saturated carbocycles. The average molecular weight is 411 g/mol. The zero-order valence-corrected chi connectivity index (χ0v) is 16.3. The van der Waals surface area contributed by atoms with Crippen LogP contribution < -0.4 is 5.32 Å². The first-order chi connectivity index (χ1) is 14.0. The summed E-state index contributed by atoms with van der Waals surface area (Å²) in [5.41, 5.74) is 0.661. The van der Waals surface area contributed by atoms with Gasteiger partial charge in [0, 0.05) is 35.2 Å². The second-order valence-corrected chi connectivity index (χ2v) is 7.11. The molecule has 0 aliphatic carbocycles. The molecule has 0 spiro atoms. The van der Waals surface area contributed by atoms with E-state index in [1.165, 1.54) is 17.4 Å². The van der Waals surface area contributed by atoms with Crippen LogP contribution in [0.15, 0.2) is 54.7 Å². The molecule has 0 aliphatic heterocycles. The third kappa shape index (κ3) is 5.23. The molecule has 1 amide bonds. The lowest BCUT2D eigenvalue weighted by Crippen LogP contribution is -2.14. The van der Waals surface area contributed by atoms with E-state index in [1.54, 1.807) is 13.1 Å². The van der Waals surface area contributed by atoms with Crippen LogP contribution in [0.5, 0.6) is 0 Å². The molecule has 9 heteroatoms. The maximum Gasteiger partial charge on any atom is 0.338 e. The van der Waals surface area contributed by atoms with E-state index in [-0.39, 0.29) is 23.4 Å². The highest BCUT2D eigenvalue weighted by Crippen LogP contribution is 2.23. The summed E-state index contributed by atoms with van der Waals surface area (Å²) in [4.78, 5) is 40.1. The number of carbonyl (C=O) groups is 2. The fourth-order valence-electron chi connectivity index (χ4n) is 2.59. The summed E-state index contributed by atoms with van der Waals surface area (Å²) < 4.78 is 4.87. The largest absolute Gasteiger partial charge is 0.462 e. The fraction of sp³-hybridized carbons (Fsp3) is 0.150. The molecule has 0 bridgehead atoms. The molecule has 1 heterocycles. The number of aromatic nitrogens is 1. The van der Waals surface area contributed by atoms with Crippen LogP contribution in [-0.4, -0.2) is 28.4 Å². The van der Waals surface area contributed by atoms with Crippen molar-refractivity contribution in [3.8, 4) is 0 Å². The molecule has 2 aromatic carbocycles. The van der Waals surface area contributed by atoms with Gasteiger partial charge in [0.2, 0.25) is 0 Å². The Morgan fingerprint density at radius 1 is 1.17 bits per heavy atom. The summed E-state index contributed by atoms with van der Waals surface area (Å²) in [6, 6.07) is 13.3. The highest BCUT2D eigenvalue weighted by molar-refractivity contribution is 7.15. The number of amides is 1. The van der Waals surface area contributed by atoms with Gasteiger partial charge in [-0.1, -0.05) is 30.3 Å². The Bertz CT molecular complexity index is 1050. The number of benzene rings is 2. The second kappa shape index (κ2) is 9.07. The van der Waals surface area contributed by atoms with E-state index in [9.17, 15) is 19.7 Å². The van der Waals surface area contributed by atoms with Gasteiger partial charge >= 0.3 is 5.97 Å². The smallest absolute Gasteiger partial charge is 0.338 e. The highest BCUT2D eigenvalue weighted by atomic mass is 32.1. The second-order valence-electron chi connectivity index (χ2n) is 5.99. The molecule has 0 saturated heterocycles. The van der Waals surface area contributed by atoms with E-state index < -0.39 is 16.8 Å². The zero-order valence-electron chi connectivity index (χ0n) is 15.5. The van der Waals surface area contributed by atoms with Gasteiger partial charge < -0.3 is 4.74 Å². The number of hydrogen-bond donors (Lipinski definition) is 1. The van der Waals surface area contributed by atoms with E-state index in [4.69, 9.17) is 4.74 Å². The molecule has 29 heavy (non-hydrogen) atoms. The van der Waals surface area contributed by atoms with Crippen LogP contribution in [-0.2, 0) is 11.2 Å². The number of nitrogens with zero attached hydrogens (tertiary/aromatic N) is 2. The van der Waals surface area contributed by atoms with Gasteiger partial charge in [-0.3, -0.25) is 20.2 Å². The standard InChI is InChI=1S/C20H17N3O5S/c1-2-28-19(25)15-9-14(10-16(11-15)23(26)27)18(24)22-20-21-12-17(29-20)8-13-6-4-3-5-7-13/h3-7,9-12H,2,8H2,1H3,(H,21,22,24). The van der Waals surface area contributed by atoms with Crippen LogP contribution in [0.25, 0.3) is 0 Å². The van der Waals surface area contributed by atoms with E-state index >= 15 is 0 Å². The average Bonchev–Trinajstić information content (AvgIpc) is 3.15. The van der Waals surface area contributed by atoms with E-state index in [1.807, 2.05) is 30.3 Å². The van der Waals surface area contributed by atoms with Crippen molar-refractivity contribution in [3.63, 3.8) is 0 Å². The molecule has 1 aromatic heterocycles. The van der Waals surface area contributed by atoms with Gasteiger partial charge in [-0.2, -0.15) is 0 Å². The monoisotopic (exact) mass is 411 g/mol. The lowest BCUT2D eigenvalue weighted by Gasteiger charge is -2.06. The van der Waals surface area contributed by atoms with Gasteiger partial charge in [0.25, 0.3) is 11.6 Å². The number of non-ortho nitro benzene ring substituents is 1. The first-order valence-corrected chi connectivity index (χ1v) is 9.54. The minimum absolute atomic E-state index is 0.0259. The molecule has 8 nitrogen and oxygen atoms in total. The van der Waals surface area contributed by atoms with Gasteiger partial charge in [0.1, 0.15) is 0 Å². The van der Waals surface area contributed by atoms with Gasteiger partial charge in [0.05, 0.1) is 17.1 Å². The van der Waals surface area contributed by atoms with Crippen LogP contribution in [0.1, 0.15) is 38.1 Å². The van der Waals surface area contributed by atoms with Crippen molar-refractivity contribution in [2.45, 2.75) is 13.3 Å². The number of esters is 1. The maximum absolute atomic E-state index is 12.6. The Morgan fingerprint density at radius 3 is 2.59 bits per heavy atom. The Balaban J connectivity index is 1.78. The maximum atomic E-state index is 12.6. The number of anilines is 1. The predicted molar refractivity (Wildman–Crippen MR) is 108 cm³/mol. The first kappa shape index (κ1) is 20.2. The van der Waals surface area contributed by atoms with Crippen molar-refractivity contribution >= 4 is 34.0 Å². The molecule has 3 aromatic rings. The molecule has 0 atom stereocenters. The normalized spacial score (nSPS) is 10.4. The molecule has 148 valence electrons. The van der Waals surface area contributed by atoms with Gasteiger partial charge in [0.15, 0.2) is 5.13 Å². The topological polar surface area (TPSA) is 111 Å². The summed E-state index contributed by atoms with van der Waals surface area (Å²) in [5, 5.41) is 14.1. The van der Waals surface area contributed by atoms with Crippen molar-refractivity contribution in [1.82, 2.24) is 4.98 Å². The highest BCUT2D eigenvalue weighted by Gasteiger charge is 2.19. The van der Waals surface area contributed by atoms with Gasteiger partial charge in [-0.15, -0.1) is 11.3 Å². The predicted octanol–water partition coefficient (Wildman–Crippen LogP) is 4.07. The summed E-state index contributed by atoms with van der Waals surface area (Å²) in [7, 11) is 0. The van der Waals surface area contributed by atoms with Crippen molar-refractivity contribution in [2.75, 3.05) is 11.9 Å². The van der Waals surface area contributed by atoms with Crippen molar-refractivity contribution in [2.24, 2.45) is 0 Å². The number of nitro groups is 1. The minimum Gasteiger partial charge on any atom is -0.462 e. The lowest BCUT2D eigenvalue weighted by atomic mass is 10.1. The number of nitro benzene ring substituents is 1. The minimum atomic E-state index is -0.732. The molecule has 0 aliphatic rings. The molecule has 0 radical (unpaired) electrons. The molecular formula is C20H17N3O5S. The number of thiazole rings is 1. The Labute approximate surface area is 170 Å². The molecular weight excluding hydrogens is 394 g/mol. The third-order valence-electron chi connectivity index (χ3n) is 3.90. The Kier molecular flexibility index (Phi) is 6.30. The number of nitrogens with one attached hydrogen (secondary N) is 1. The summed E-state index contributed by atoms with van der Waals surface area (Å²) in [5.74, 6) is -1.33. The van der Waals surface area contributed by atoms with Crippen LogP contribution in [0, 0.1) is 10.1 Å². The van der Waals surface area contributed by atoms with Crippen LogP contribution in [0.2, 0.25) is 0 Å². The molecule has 1 N–H and O–H groups in total. The Hall–Kier alpha value is -3.59. The zero-order chi connectivity index (χ0) is 20.8. The van der Waals surface area contributed by atoms with E-state index in [0.29, 0.717) is 11.6 Å². The van der Waals surface area contributed by atoms with Crippen molar-refractivity contribution < 1.29 is 19.2 Å². The van der Waals surface area contributed by atoms with Gasteiger partial charge in [-0.25, -0.2) is 9.78 Å². The summed E-state index contributed by atoms with van der Waals surface area (Å²) >= 11 is 1.31. The SMILES string of the molecule is CCOC(=O)c1cc(C(=O)Nc2ncc(Cc3ccccc3)s2)cc([N+](=O)[O-])c1. The first-order valence-electron chi connectivity index (χ1n) is 8.73. The summed E-state index contributed by atoms with van der Waals surface area (Å²) in [6.07, 6.45) is 2.35. The molecule has 0 unspecified atom stereocenters. The van der Waals surface area contributed by atoms with Crippen LogP contribution >= 0.6 is 11.3 Å². The van der Waals surface area contributed by atoms with Gasteiger partial charge in [-0.05, 0) is 18.6 Å². The molecule has 3 rings (SSSR count). The third-order valence-corrected chi connectivity index (χ3v) is 4.81. The number of rotatable bonds is 7. The van der Waals surface area contributed by atoms with Crippen molar-refractivity contribution in [3.05, 3.63) is 86.4 Å². The number of carbonyl (C=O) groups excluding carboxylic acids is 2. The fourth-order valence-corrected chi connectivity index (χ4v) is 3.44. The summed E-state index contributed by atoms with van der Waals surface area (Å²) in [6.45, 7) is 1.74. The lowest BCUT2D eigenvalue weighted by molar-refractivity contribution is -0.384. The van der Waals surface area contributed by atoms with E-state index in [2.05, 4.69) is 10.3 Å². The van der Waals surface area contributed by atoms with E-state index in [0.717, 1.165) is 22.6 Å². The van der Waals surface area contributed by atoms with Crippen molar-refractivity contribution in [1.29, 1.82) is 0 Å². The quantitative estimate of drug-likeness (QED) is 0.356. The number of hydrogen-bond acceptors (Lipinski definition) is 7.